The Morgan fingerprint density at radius 3 is 2.45 bits per heavy atom. The first-order chi connectivity index (χ1) is 18.1. The fraction of sp³-hybridized carbons (Fsp3) is 0.414. The Morgan fingerprint density at radius 1 is 1.05 bits per heavy atom. The smallest absolute Gasteiger partial charge is 0.264 e. The van der Waals surface area contributed by atoms with Crippen LogP contribution in [0.1, 0.15) is 54.6 Å². The van der Waals surface area contributed by atoms with Gasteiger partial charge in [-0.25, -0.2) is 18.1 Å². The van der Waals surface area contributed by atoms with E-state index in [9.17, 15) is 13.2 Å². The molecular formula is C29H34N4O4S. The molecule has 2 heterocycles. The molecule has 3 aromatic rings. The molecule has 2 aromatic carbocycles. The van der Waals surface area contributed by atoms with Gasteiger partial charge in [0.2, 0.25) is 11.8 Å². The van der Waals surface area contributed by atoms with Gasteiger partial charge in [0.15, 0.2) is 0 Å². The maximum Gasteiger partial charge on any atom is 0.264 e. The van der Waals surface area contributed by atoms with Crippen LogP contribution < -0.4 is 9.46 Å². The minimum atomic E-state index is -4.06. The van der Waals surface area contributed by atoms with E-state index in [0.717, 1.165) is 36.0 Å². The van der Waals surface area contributed by atoms with E-state index in [-0.39, 0.29) is 35.3 Å². The third-order valence-corrected chi connectivity index (χ3v) is 8.40. The number of aryl methyl sites for hydroxylation is 2. The highest BCUT2D eigenvalue weighted by molar-refractivity contribution is 7.92. The first-order valence-corrected chi connectivity index (χ1v) is 14.6. The zero-order valence-corrected chi connectivity index (χ0v) is 23.1. The van der Waals surface area contributed by atoms with E-state index in [1.54, 1.807) is 18.2 Å². The van der Waals surface area contributed by atoms with Crippen LogP contribution in [0, 0.1) is 25.7 Å². The van der Waals surface area contributed by atoms with Gasteiger partial charge in [0.1, 0.15) is 6.61 Å². The summed E-state index contributed by atoms with van der Waals surface area (Å²) in [7, 11) is -4.06. The Balaban J connectivity index is 1.65. The van der Waals surface area contributed by atoms with Gasteiger partial charge < -0.3 is 9.64 Å². The summed E-state index contributed by atoms with van der Waals surface area (Å²) in [4.78, 5) is 24.7. The summed E-state index contributed by atoms with van der Waals surface area (Å²) in [5, 5.41) is 0. The summed E-state index contributed by atoms with van der Waals surface area (Å²) >= 11 is 0. The second-order valence-electron chi connectivity index (χ2n) is 10.8. The zero-order valence-electron chi connectivity index (χ0n) is 22.3. The molecule has 5 rings (SSSR count). The molecule has 8 nitrogen and oxygen atoms in total. The molecule has 1 N–H and O–H groups in total. The fourth-order valence-electron chi connectivity index (χ4n) is 5.02. The van der Waals surface area contributed by atoms with Crippen LogP contribution in [0.3, 0.4) is 0 Å². The Kier molecular flexibility index (Phi) is 7.13. The zero-order chi connectivity index (χ0) is 27.0. The van der Waals surface area contributed by atoms with Crippen LogP contribution in [-0.4, -0.2) is 48.4 Å². The van der Waals surface area contributed by atoms with Crippen LogP contribution >= 0.6 is 0 Å². The molecule has 0 radical (unpaired) electrons. The first-order valence-electron chi connectivity index (χ1n) is 13.1. The van der Waals surface area contributed by atoms with E-state index < -0.39 is 10.0 Å². The van der Waals surface area contributed by atoms with Crippen molar-refractivity contribution in [3.05, 3.63) is 65.2 Å². The number of aromatic nitrogens is 2. The number of nitrogens with one attached hydrogen (secondary N) is 1. The highest BCUT2D eigenvalue weighted by Gasteiger charge is 2.33. The summed E-state index contributed by atoms with van der Waals surface area (Å²) in [6.07, 6.45) is 2.92. The summed E-state index contributed by atoms with van der Waals surface area (Å²) in [5.74, 6) is 0.782. The van der Waals surface area contributed by atoms with Crippen molar-refractivity contribution in [2.75, 3.05) is 17.9 Å². The monoisotopic (exact) mass is 534 g/mol. The summed E-state index contributed by atoms with van der Waals surface area (Å²) in [5.41, 5.74) is 3.82. The SMILES string of the molecule is Cc1cccc(C)c1-c1cc2nc(n1)NS(=O)(=O)c1cccc(c1)C(=O)N(CC1CC1)[C@H](CC(C)C)CO2. The Labute approximate surface area is 224 Å². The molecule has 2 aliphatic rings. The number of amides is 1. The Bertz CT molecular complexity index is 1450. The average molecular weight is 535 g/mol. The van der Waals surface area contributed by atoms with Gasteiger partial charge in [0.25, 0.3) is 15.9 Å². The molecule has 1 amide bonds. The molecule has 4 bridgehead atoms. The van der Waals surface area contributed by atoms with Crippen molar-refractivity contribution in [2.24, 2.45) is 11.8 Å². The second-order valence-corrected chi connectivity index (χ2v) is 12.5. The largest absolute Gasteiger partial charge is 0.475 e. The van der Waals surface area contributed by atoms with Gasteiger partial charge in [-0.15, -0.1) is 0 Å². The lowest BCUT2D eigenvalue weighted by molar-refractivity contribution is 0.0562. The number of ether oxygens (including phenoxy) is 1. The molecule has 38 heavy (non-hydrogen) atoms. The van der Waals surface area contributed by atoms with Crippen LogP contribution in [0.15, 0.2) is 53.4 Å². The summed E-state index contributed by atoms with van der Waals surface area (Å²) in [6.45, 7) is 9.09. The molecule has 200 valence electrons. The number of nitrogens with zero attached hydrogens (tertiary/aromatic N) is 3. The van der Waals surface area contributed by atoms with E-state index >= 15 is 0 Å². The molecule has 1 atom stereocenters. The maximum atomic E-state index is 13.8. The Hall–Kier alpha value is -3.46. The van der Waals surface area contributed by atoms with E-state index in [4.69, 9.17) is 4.74 Å². The van der Waals surface area contributed by atoms with Gasteiger partial charge in [0, 0.05) is 23.7 Å². The molecule has 1 saturated carbocycles. The average Bonchev–Trinajstić information content (AvgIpc) is 3.68. The molecule has 0 spiro atoms. The molecular weight excluding hydrogens is 500 g/mol. The summed E-state index contributed by atoms with van der Waals surface area (Å²) < 4.78 is 35.5. The van der Waals surface area contributed by atoms with Gasteiger partial charge in [-0.1, -0.05) is 38.1 Å². The number of carbonyl (C=O) groups is 1. The fourth-order valence-corrected chi connectivity index (χ4v) is 6.01. The maximum absolute atomic E-state index is 13.8. The minimum absolute atomic E-state index is 0.0158. The van der Waals surface area contributed by atoms with E-state index in [0.29, 0.717) is 29.6 Å². The van der Waals surface area contributed by atoms with Crippen LogP contribution in [0.25, 0.3) is 11.3 Å². The Morgan fingerprint density at radius 2 is 1.76 bits per heavy atom. The molecule has 1 aromatic heterocycles. The first kappa shape index (κ1) is 26.2. The van der Waals surface area contributed by atoms with Crippen LogP contribution in [0.2, 0.25) is 0 Å². The van der Waals surface area contributed by atoms with Gasteiger partial charge in [-0.05, 0) is 74.3 Å². The van der Waals surface area contributed by atoms with Gasteiger partial charge >= 0.3 is 0 Å². The van der Waals surface area contributed by atoms with Crippen molar-refractivity contribution < 1.29 is 17.9 Å². The minimum Gasteiger partial charge on any atom is -0.475 e. The van der Waals surface area contributed by atoms with E-state index in [1.807, 2.05) is 36.9 Å². The number of benzene rings is 2. The molecule has 1 aliphatic carbocycles. The normalized spacial score (nSPS) is 19.1. The van der Waals surface area contributed by atoms with Crippen molar-refractivity contribution >= 4 is 21.9 Å². The van der Waals surface area contributed by atoms with Crippen molar-refractivity contribution in [2.45, 2.75) is 57.9 Å². The topological polar surface area (TPSA) is 101 Å². The highest BCUT2D eigenvalue weighted by atomic mass is 32.2. The summed E-state index contributed by atoms with van der Waals surface area (Å²) in [6, 6.07) is 13.7. The molecule has 0 saturated heterocycles. The predicted molar refractivity (Wildman–Crippen MR) is 147 cm³/mol. The van der Waals surface area contributed by atoms with Gasteiger partial charge in [-0.3, -0.25) is 4.79 Å². The lowest BCUT2D eigenvalue weighted by Crippen LogP contribution is -2.45. The predicted octanol–water partition coefficient (Wildman–Crippen LogP) is 5.22. The lowest BCUT2D eigenvalue weighted by atomic mass is 10.00. The number of carbonyl (C=O) groups excluding carboxylic acids is 1. The third-order valence-electron chi connectivity index (χ3n) is 7.08. The number of hydrogen-bond donors (Lipinski definition) is 1. The number of anilines is 1. The number of fused-ring (bicyclic) bond motifs is 4. The number of rotatable bonds is 5. The molecule has 1 aliphatic heterocycles. The van der Waals surface area contributed by atoms with Crippen molar-refractivity contribution in [1.82, 2.24) is 14.9 Å². The highest BCUT2D eigenvalue weighted by Crippen LogP contribution is 2.33. The van der Waals surface area contributed by atoms with Gasteiger partial charge in [-0.2, -0.15) is 4.98 Å². The van der Waals surface area contributed by atoms with Crippen LogP contribution in [-0.2, 0) is 10.0 Å². The molecule has 9 heteroatoms. The van der Waals surface area contributed by atoms with Crippen molar-refractivity contribution in [3.8, 4) is 17.1 Å². The van der Waals surface area contributed by atoms with Crippen LogP contribution in [0.5, 0.6) is 5.88 Å². The van der Waals surface area contributed by atoms with Gasteiger partial charge in [0.05, 0.1) is 16.6 Å². The second kappa shape index (κ2) is 10.4. The number of hydrogen-bond acceptors (Lipinski definition) is 6. The molecule has 0 unspecified atom stereocenters. The quantitative estimate of drug-likeness (QED) is 0.482. The standard InChI is InChI=1S/C29H34N4O4S/c1-18(2)13-23-17-37-26-15-25(27-19(3)7-5-8-20(27)4)30-29(31-26)32-38(35,36)24-10-6-9-22(14-24)28(34)33(23)16-21-11-12-21/h5-10,14-15,18,21,23H,11-13,16-17H2,1-4H3,(H,30,31,32)/t23-/m1/s1. The number of sulfonamides is 1. The van der Waals surface area contributed by atoms with Crippen molar-refractivity contribution in [1.29, 1.82) is 0 Å². The molecule has 1 fully saturated rings. The van der Waals surface area contributed by atoms with E-state index in [2.05, 4.69) is 28.5 Å². The van der Waals surface area contributed by atoms with E-state index in [1.165, 1.54) is 12.1 Å². The third kappa shape index (κ3) is 5.67. The van der Waals surface area contributed by atoms with Crippen LogP contribution in [0.4, 0.5) is 5.95 Å². The lowest BCUT2D eigenvalue weighted by Gasteiger charge is -2.33. The van der Waals surface area contributed by atoms with Crippen molar-refractivity contribution in [3.63, 3.8) is 0 Å².